The van der Waals surface area contributed by atoms with Gasteiger partial charge in [-0.25, -0.2) is 4.79 Å². The zero-order valence-electron chi connectivity index (χ0n) is 45.6. The van der Waals surface area contributed by atoms with Crippen LogP contribution in [0, 0.1) is 0 Å². The van der Waals surface area contributed by atoms with E-state index in [1.807, 2.05) is 21.1 Å². The van der Waals surface area contributed by atoms with Crippen LogP contribution in [0.1, 0.15) is 277 Å². The third kappa shape index (κ3) is 48.6. The summed E-state index contributed by atoms with van der Waals surface area (Å²) in [4.78, 5) is 37.3. The highest BCUT2D eigenvalue weighted by Gasteiger charge is 2.31. The normalized spacial score (nSPS) is 13.0. The highest BCUT2D eigenvalue weighted by molar-refractivity contribution is 5.72. The number of esters is 2. The lowest BCUT2D eigenvalue weighted by Gasteiger charge is -2.31. The number of allylic oxidation sites excluding steroid dienone is 6. The fourth-order valence-electron chi connectivity index (χ4n) is 8.77. The molecule has 8 nitrogen and oxygen atoms in total. The summed E-state index contributed by atoms with van der Waals surface area (Å²) in [6, 6.07) is -0.615. The van der Waals surface area contributed by atoms with Crippen molar-refractivity contribution in [1.29, 1.82) is 0 Å². The number of unbranched alkanes of at least 4 members (excludes halogenated alkanes) is 33. The number of carboxylic acids is 1. The maximum absolute atomic E-state index is 12.8. The Bertz CT molecular complexity index is 1210. The summed E-state index contributed by atoms with van der Waals surface area (Å²) in [5.41, 5.74) is 0. The molecule has 0 amide bonds. The Morgan fingerprint density at radius 2 is 0.779 bits per heavy atom. The van der Waals surface area contributed by atoms with Crippen molar-refractivity contribution in [1.82, 2.24) is 0 Å². The van der Waals surface area contributed by atoms with E-state index in [4.69, 9.17) is 14.2 Å². The SMILES string of the molecule is CCCCCCC/C=C\C/C=C\CCCCCCCCCCCCCC(=O)OC(COCCC(C(=O)O)[N+](C)(C)C)COC(=O)CCCCCCCCCCC/C=C\CCCCCCCCCC. The van der Waals surface area contributed by atoms with Crippen LogP contribution < -0.4 is 0 Å². The number of carbonyl (C=O) groups is 3. The fraction of sp³-hybridized carbons (Fsp3) is 0.850. The summed E-state index contributed by atoms with van der Waals surface area (Å²) < 4.78 is 17.4. The zero-order chi connectivity index (χ0) is 49.9. The number of aliphatic carboxylic acids is 1. The van der Waals surface area contributed by atoms with Gasteiger partial charge in [0.1, 0.15) is 6.61 Å². The minimum Gasteiger partial charge on any atom is -0.477 e. The molecule has 2 unspecified atom stereocenters. The second kappa shape index (κ2) is 50.9. The summed E-state index contributed by atoms with van der Waals surface area (Å²) >= 11 is 0. The van der Waals surface area contributed by atoms with Crippen molar-refractivity contribution in [2.24, 2.45) is 0 Å². The third-order valence-corrected chi connectivity index (χ3v) is 13.3. The Balaban J connectivity index is 4.16. The predicted molar refractivity (Wildman–Crippen MR) is 289 cm³/mol. The Labute approximate surface area is 421 Å². The van der Waals surface area contributed by atoms with Crippen LogP contribution in [0.15, 0.2) is 36.5 Å². The van der Waals surface area contributed by atoms with Gasteiger partial charge in [0.15, 0.2) is 12.1 Å². The van der Waals surface area contributed by atoms with Crippen molar-refractivity contribution in [2.75, 3.05) is 41.0 Å². The first-order chi connectivity index (χ1) is 33.1. The molecule has 68 heavy (non-hydrogen) atoms. The average Bonchev–Trinajstić information content (AvgIpc) is 3.30. The molecule has 0 radical (unpaired) electrons. The van der Waals surface area contributed by atoms with Gasteiger partial charge in [-0.1, -0.05) is 224 Å². The van der Waals surface area contributed by atoms with Gasteiger partial charge in [0.05, 0.1) is 34.4 Å². The standard InChI is InChI=1S/C60H111NO7/c1-6-8-10-12-14-16-18-20-22-24-26-28-29-31-33-35-37-39-41-43-45-47-49-51-59(63)68-56(54-66-53-52-57(60(64)65)61(3,4)5)55-67-58(62)50-48-46-44-42-40-38-36-34-32-30-27-25-23-21-19-17-15-13-11-9-7-2/h18,20,24-27,56-57H,6-17,19,21-23,28-55H2,1-5H3/p+1/b20-18-,26-24-,27-25-. The van der Waals surface area contributed by atoms with Crippen molar-refractivity contribution in [3.63, 3.8) is 0 Å². The maximum Gasteiger partial charge on any atom is 0.362 e. The lowest BCUT2D eigenvalue weighted by molar-refractivity contribution is -0.887. The molecular formula is C60H112NO7+. The Hall–Kier alpha value is -2.45. The number of likely N-dealkylation sites (N-methyl/N-ethyl adjacent to an activating group) is 1. The molecule has 0 aromatic heterocycles. The molecule has 0 aliphatic carbocycles. The van der Waals surface area contributed by atoms with Crippen LogP contribution in [0.3, 0.4) is 0 Å². The topological polar surface area (TPSA) is 99.1 Å². The maximum atomic E-state index is 12.8. The number of rotatable bonds is 53. The molecule has 0 saturated carbocycles. The molecule has 8 heteroatoms. The molecule has 1 N–H and O–H groups in total. The van der Waals surface area contributed by atoms with Gasteiger partial charge < -0.3 is 23.8 Å². The smallest absolute Gasteiger partial charge is 0.362 e. The Morgan fingerprint density at radius 1 is 0.441 bits per heavy atom. The number of ether oxygens (including phenoxy) is 3. The molecule has 0 fully saturated rings. The number of hydrogen-bond donors (Lipinski definition) is 1. The molecule has 0 bridgehead atoms. The van der Waals surface area contributed by atoms with Crippen LogP contribution in [0.4, 0.5) is 0 Å². The molecule has 2 atom stereocenters. The van der Waals surface area contributed by atoms with Crippen molar-refractivity contribution >= 4 is 17.9 Å². The number of hydrogen-bond acceptors (Lipinski definition) is 6. The average molecular weight is 960 g/mol. The summed E-state index contributed by atoms with van der Waals surface area (Å²) in [5, 5.41) is 9.68. The summed E-state index contributed by atoms with van der Waals surface area (Å²) in [6.45, 7) is 4.77. The quantitative estimate of drug-likeness (QED) is 0.0281. The van der Waals surface area contributed by atoms with Gasteiger partial charge in [-0.3, -0.25) is 9.59 Å². The van der Waals surface area contributed by atoms with Crippen LogP contribution in [-0.4, -0.2) is 80.6 Å². The monoisotopic (exact) mass is 959 g/mol. The summed E-state index contributed by atoms with van der Waals surface area (Å²) in [5.74, 6) is -1.46. The van der Waals surface area contributed by atoms with E-state index in [9.17, 15) is 19.5 Å². The molecule has 0 aromatic rings. The highest BCUT2D eigenvalue weighted by atomic mass is 16.6. The van der Waals surface area contributed by atoms with Gasteiger partial charge in [0.25, 0.3) is 0 Å². The molecule has 0 aromatic carbocycles. The molecular weight excluding hydrogens is 847 g/mol. The second-order valence-corrected chi connectivity index (χ2v) is 20.9. The van der Waals surface area contributed by atoms with Gasteiger partial charge in [0.2, 0.25) is 0 Å². The minimum atomic E-state index is -0.872. The molecule has 398 valence electrons. The van der Waals surface area contributed by atoms with E-state index in [-0.39, 0.29) is 36.2 Å². The van der Waals surface area contributed by atoms with Gasteiger partial charge in [-0.05, 0) is 70.6 Å². The van der Waals surface area contributed by atoms with Crippen molar-refractivity contribution < 1.29 is 38.2 Å². The van der Waals surface area contributed by atoms with Gasteiger partial charge >= 0.3 is 17.9 Å². The number of quaternary nitrogens is 1. The third-order valence-electron chi connectivity index (χ3n) is 13.3. The largest absolute Gasteiger partial charge is 0.477 e. The fourth-order valence-corrected chi connectivity index (χ4v) is 8.77. The van der Waals surface area contributed by atoms with Crippen LogP contribution in [0.25, 0.3) is 0 Å². The second-order valence-electron chi connectivity index (χ2n) is 20.9. The molecule has 0 heterocycles. The van der Waals surface area contributed by atoms with Crippen LogP contribution in [-0.2, 0) is 28.6 Å². The molecule has 0 aliphatic rings. The minimum absolute atomic E-state index is 0.0500. The summed E-state index contributed by atoms with van der Waals surface area (Å²) in [6.07, 6.45) is 62.0. The zero-order valence-corrected chi connectivity index (χ0v) is 45.6. The van der Waals surface area contributed by atoms with Crippen molar-refractivity contribution in [2.45, 2.75) is 289 Å². The first-order valence-electron chi connectivity index (χ1n) is 29.0. The number of carbonyl (C=O) groups excluding carboxylic acids is 2. The lowest BCUT2D eigenvalue weighted by Crippen LogP contribution is -2.50. The van der Waals surface area contributed by atoms with Crippen molar-refractivity contribution in [3.8, 4) is 0 Å². The molecule has 0 aliphatic heterocycles. The lowest BCUT2D eigenvalue weighted by atomic mass is 10.0. The van der Waals surface area contributed by atoms with E-state index in [1.54, 1.807) is 0 Å². The first-order valence-corrected chi connectivity index (χ1v) is 29.0. The Kier molecular flexibility index (Phi) is 49.1. The van der Waals surface area contributed by atoms with Crippen LogP contribution in [0.2, 0.25) is 0 Å². The van der Waals surface area contributed by atoms with E-state index in [2.05, 4.69) is 50.3 Å². The Morgan fingerprint density at radius 3 is 1.15 bits per heavy atom. The van der Waals surface area contributed by atoms with Crippen LogP contribution in [0.5, 0.6) is 0 Å². The van der Waals surface area contributed by atoms with E-state index in [0.717, 1.165) is 44.9 Å². The predicted octanol–water partition coefficient (Wildman–Crippen LogP) is 17.3. The van der Waals surface area contributed by atoms with E-state index in [0.29, 0.717) is 19.3 Å². The van der Waals surface area contributed by atoms with E-state index >= 15 is 0 Å². The first kappa shape index (κ1) is 65.5. The summed E-state index contributed by atoms with van der Waals surface area (Å²) in [7, 11) is 5.55. The van der Waals surface area contributed by atoms with E-state index in [1.165, 1.54) is 199 Å². The van der Waals surface area contributed by atoms with Crippen molar-refractivity contribution in [3.05, 3.63) is 36.5 Å². The number of nitrogens with zero attached hydrogens (tertiary/aromatic N) is 1. The van der Waals surface area contributed by atoms with Crippen LogP contribution >= 0.6 is 0 Å². The molecule has 0 rings (SSSR count). The molecule has 0 saturated heterocycles. The van der Waals surface area contributed by atoms with Gasteiger partial charge in [-0.15, -0.1) is 0 Å². The van der Waals surface area contributed by atoms with Gasteiger partial charge in [0, 0.05) is 19.3 Å². The van der Waals surface area contributed by atoms with E-state index < -0.39 is 18.1 Å². The molecule has 0 spiro atoms. The highest BCUT2D eigenvalue weighted by Crippen LogP contribution is 2.16. The van der Waals surface area contributed by atoms with Gasteiger partial charge in [-0.2, -0.15) is 0 Å². The number of carboxylic acid groups (broad SMARTS) is 1.